The molecule has 8 aromatic rings. The molecular formula is C48H27B3N2O3. The van der Waals surface area contributed by atoms with Crippen LogP contribution in [0.1, 0.15) is 0 Å². The largest absolute Gasteiger partial charge is 0.458 e. The Hall–Kier alpha value is -7.05. The third kappa shape index (κ3) is 3.56. The first kappa shape index (κ1) is 29.3. The normalized spacial score (nSPS) is 14.7. The number of fused-ring (bicyclic) bond motifs is 14. The summed E-state index contributed by atoms with van der Waals surface area (Å²) in [6, 6.07) is 59.0. The molecule has 0 aromatic heterocycles. The summed E-state index contributed by atoms with van der Waals surface area (Å²) < 4.78 is 20.5. The molecule has 0 N–H and O–H groups in total. The molecule has 5 nitrogen and oxygen atoms in total. The van der Waals surface area contributed by atoms with Crippen molar-refractivity contribution in [3.8, 4) is 34.5 Å². The fourth-order valence-electron chi connectivity index (χ4n) is 10.7. The predicted molar refractivity (Wildman–Crippen MR) is 229 cm³/mol. The van der Waals surface area contributed by atoms with Crippen LogP contribution in [0.4, 0.5) is 34.1 Å². The van der Waals surface area contributed by atoms with Crippen molar-refractivity contribution in [3.63, 3.8) is 0 Å². The molecule has 8 aromatic carbocycles. The Kier molecular flexibility index (Phi) is 5.43. The van der Waals surface area contributed by atoms with E-state index in [-0.39, 0.29) is 20.1 Å². The quantitative estimate of drug-likeness (QED) is 0.212. The first-order valence-electron chi connectivity index (χ1n) is 19.4. The summed E-state index contributed by atoms with van der Waals surface area (Å²) >= 11 is 0. The maximum atomic E-state index is 7.01. The SMILES string of the molecule is c1ccc(N2c3cc4c(cc3B3c5ccccc5N5c6ccccc6B6c7ccccc7Oc7cc2c3c5c76)Oc2cccc3c2B4c2ccccc2O3)cc1. The standard InChI is InChI=1S/C48H27B3N2O3/c1-2-13-28(14-3-1)52-37-25-34-43(56-42-24-12-23-41-46(42)51(34)32-18-7-10-21-39(32)54-41)26-33(37)50-30-16-5-9-20-36(30)53-35-19-8-4-15-29(35)49-31-17-6-11-22-40(31)55-44-27-38(52)45(50)48(53)47(44)49/h1-27H. The van der Waals surface area contributed by atoms with Gasteiger partial charge in [0.1, 0.15) is 34.5 Å². The molecule has 256 valence electrons. The summed E-state index contributed by atoms with van der Waals surface area (Å²) in [5.74, 6) is 5.28. The maximum absolute atomic E-state index is 7.01. The van der Waals surface area contributed by atoms with Crippen LogP contribution in [0.15, 0.2) is 164 Å². The molecule has 56 heavy (non-hydrogen) atoms. The summed E-state index contributed by atoms with van der Waals surface area (Å²) in [7, 11) is 0. The van der Waals surface area contributed by atoms with Gasteiger partial charge in [0.2, 0.25) is 0 Å². The maximum Gasteiger partial charge on any atom is 0.260 e. The Balaban J connectivity index is 1.11. The van der Waals surface area contributed by atoms with Crippen LogP contribution >= 0.6 is 0 Å². The van der Waals surface area contributed by atoms with E-state index in [1.165, 1.54) is 49.8 Å². The van der Waals surface area contributed by atoms with Gasteiger partial charge in [0.15, 0.2) is 0 Å². The van der Waals surface area contributed by atoms with Gasteiger partial charge in [-0.1, -0.05) is 97.1 Å². The lowest BCUT2D eigenvalue weighted by molar-refractivity contribution is 0.464. The Morgan fingerprint density at radius 1 is 0.304 bits per heavy atom. The molecule has 0 amide bonds. The average molecular weight is 712 g/mol. The van der Waals surface area contributed by atoms with Gasteiger partial charge in [0, 0.05) is 45.7 Å². The van der Waals surface area contributed by atoms with Gasteiger partial charge in [-0.25, -0.2) is 0 Å². The van der Waals surface area contributed by atoms with E-state index in [0.717, 1.165) is 67.9 Å². The molecule has 0 bridgehead atoms. The monoisotopic (exact) mass is 712 g/mol. The lowest BCUT2D eigenvalue weighted by atomic mass is 9.28. The predicted octanol–water partition coefficient (Wildman–Crippen LogP) is 5.43. The molecule has 6 aliphatic rings. The van der Waals surface area contributed by atoms with Crippen LogP contribution in [0.5, 0.6) is 34.5 Å². The third-order valence-corrected chi connectivity index (χ3v) is 12.8. The zero-order chi connectivity index (χ0) is 36.2. The van der Waals surface area contributed by atoms with Gasteiger partial charge in [0.25, 0.3) is 20.1 Å². The molecule has 0 fully saturated rings. The van der Waals surface area contributed by atoms with Gasteiger partial charge in [-0.15, -0.1) is 0 Å². The third-order valence-electron chi connectivity index (χ3n) is 12.8. The highest BCUT2D eigenvalue weighted by Crippen LogP contribution is 2.48. The van der Waals surface area contributed by atoms with E-state index in [9.17, 15) is 0 Å². The summed E-state index contributed by atoms with van der Waals surface area (Å²) in [5, 5.41) is 0. The minimum atomic E-state index is -0.0561. The molecule has 6 heterocycles. The lowest BCUT2D eigenvalue weighted by Crippen LogP contribution is -2.68. The number of ether oxygens (including phenoxy) is 3. The minimum Gasteiger partial charge on any atom is -0.458 e. The highest BCUT2D eigenvalue weighted by atomic mass is 16.5. The Labute approximate surface area is 324 Å². The van der Waals surface area contributed by atoms with Gasteiger partial charge in [-0.2, -0.15) is 0 Å². The van der Waals surface area contributed by atoms with E-state index in [0.29, 0.717) is 0 Å². The second-order valence-electron chi connectivity index (χ2n) is 15.5. The zero-order valence-electron chi connectivity index (χ0n) is 29.9. The highest BCUT2D eigenvalue weighted by molar-refractivity contribution is 7.04. The molecular weight excluding hydrogens is 685 g/mol. The van der Waals surface area contributed by atoms with Crippen LogP contribution in [0.25, 0.3) is 0 Å². The van der Waals surface area contributed by atoms with Gasteiger partial charge in [-0.3, -0.25) is 0 Å². The smallest absolute Gasteiger partial charge is 0.260 e. The molecule has 0 spiro atoms. The number of nitrogens with zero attached hydrogens (tertiary/aromatic N) is 2. The Bertz CT molecular complexity index is 3080. The molecule has 14 rings (SSSR count). The van der Waals surface area contributed by atoms with Gasteiger partial charge in [-0.05, 0) is 104 Å². The number of rotatable bonds is 1. The van der Waals surface area contributed by atoms with Crippen LogP contribution in [-0.2, 0) is 0 Å². The Morgan fingerprint density at radius 3 is 1.54 bits per heavy atom. The second-order valence-corrected chi connectivity index (χ2v) is 15.5. The second kappa shape index (κ2) is 10.4. The number of para-hydroxylation sites is 5. The number of anilines is 6. The van der Waals surface area contributed by atoms with Gasteiger partial charge < -0.3 is 24.0 Å². The molecule has 8 heteroatoms. The van der Waals surface area contributed by atoms with Crippen molar-refractivity contribution in [1.82, 2.24) is 0 Å². The summed E-state index contributed by atoms with van der Waals surface area (Å²) in [6.45, 7) is -0.0686. The van der Waals surface area contributed by atoms with E-state index in [1.54, 1.807) is 0 Å². The number of hydrogen-bond acceptors (Lipinski definition) is 5. The van der Waals surface area contributed by atoms with Crippen molar-refractivity contribution in [2.75, 3.05) is 9.80 Å². The molecule has 0 saturated carbocycles. The molecule has 0 unspecified atom stereocenters. The van der Waals surface area contributed by atoms with Crippen LogP contribution in [0, 0.1) is 0 Å². The molecule has 0 atom stereocenters. The van der Waals surface area contributed by atoms with E-state index in [2.05, 4.69) is 168 Å². The van der Waals surface area contributed by atoms with E-state index in [1.807, 2.05) is 6.07 Å². The van der Waals surface area contributed by atoms with Gasteiger partial charge in [0.05, 0.1) is 0 Å². The minimum absolute atomic E-state index is 0.0336. The number of hydrogen-bond donors (Lipinski definition) is 0. The van der Waals surface area contributed by atoms with Crippen molar-refractivity contribution in [2.24, 2.45) is 0 Å². The van der Waals surface area contributed by atoms with Crippen LogP contribution in [0.3, 0.4) is 0 Å². The van der Waals surface area contributed by atoms with Crippen molar-refractivity contribution in [2.45, 2.75) is 0 Å². The van der Waals surface area contributed by atoms with Crippen LogP contribution in [0.2, 0.25) is 0 Å². The first-order chi connectivity index (χ1) is 27.8. The summed E-state index contributed by atoms with van der Waals surface area (Å²) in [5.41, 5.74) is 17.8. The lowest BCUT2D eigenvalue weighted by Gasteiger charge is -2.49. The average Bonchev–Trinajstić information content (AvgIpc) is 3.25. The molecule has 0 radical (unpaired) electrons. The summed E-state index contributed by atoms with van der Waals surface area (Å²) in [6.07, 6.45) is 0. The van der Waals surface area contributed by atoms with Crippen LogP contribution in [-0.4, -0.2) is 20.1 Å². The fraction of sp³-hybridized carbons (Fsp3) is 0. The topological polar surface area (TPSA) is 34.2 Å². The van der Waals surface area contributed by atoms with Crippen molar-refractivity contribution in [1.29, 1.82) is 0 Å². The summed E-state index contributed by atoms with van der Waals surface area (Å²) in [4.78, 5) is 4.99. The highest BCUT2D eigenvalue weighted by Gasteiger charge is 2.52. The van der Waals surface area contributed by atoms with E-state index < -0.39 is 0 Å². The Morgan fingerprint density at radius 2 is 0.839 bits per heavy atom. The first-order valence-corrected chi connectivity index (χ1v) is 19.4. The van der Waals surface area contributed by atoms with Crippen molar-refractivity contribution < 1.29 is 14.2 Å². The van der Waals surface area contributed by atoms with Crippen LogP contribution < -0.4 is 73.2 Å². The van der Waals surface area contributed by atoms with Gasteiger partial charge >= 0.3 is 0 Å². The fourth-order valence-corrected chi connectivity index (χ4v) is 10.7. The number of benzene rings is 8. The molecule has 6 aliphatic heterocycles. The molecule has 0 aliphatic carbocycles. The van der Waals surface area contributed by atoms with E-state index >= 15 is 0 Å². The van der Waals surface area contributed by atoms with Crippen molar-refractivity contribution in [3.05, 3.63) is 164 Å². The zero-order valence-corrected chi connectivity index (χ0v) is 29.9. The van der Waals surface area contributed by atoms with E-state index in [4.69, 9.17) is 14.2 Å². The molecule has 0 saturated heterocycles. The van der Waals surface area contributed by atoms with Crippen molar-refractivity contribution >= 4 is 103 Å².